The van der Waals surface area contributed by atoms with E-state index < -0.39 is 23.4 Å². The van der Waals surface area contributed by atoms with Crippen LogP contribution >= 0.6 is 23.2 Å². The fourth-order valence-corrected chi connectivity index (χ4v) is 5.52. The molecule has 0 radical (unpaired) electrons. The summed E-state index contributed by atoms with van der Waals surface area (Å²) in [6, 6.07) is 7.00. The van der Waals surface area contributed by atoms with E-state index in [4.69, 9.17) is 43.8 Å². The number of anilines is 1. The summed E-state index contributed by atoms with van der Waals surface area (Å²) in [6.45, 7) is 9.11. The maximum absolute atomic E-state index is 12.9. The molecule has 4 rings (SSSR count). The molecule has 1 atom stereocenters. The minimum Gasteiger partial charge on any atom is -0.481 e. The number of halogens is 2. The molecular formula is C29H35Cl2N5O4. The van der Waals surface area contributed by atoms with Crippen molar-refractivity contribution in [3.8, 4) is 0 Å². The van der Waals surface area contributed by atoms with E-state index in [-0.39, 0.29) is 24.3 Å². The van der Waals surface area contributed by atoms with Crippen molar-refractivity contribution in [1.29, 1.82) is 0 Å². The van der Waals surface area contributed by atoms with Gasteiger partial charge in [-0.15, -0.1) is 0 Å². The third-order valence-electron chi connectivity index (χ3n) is 6.87. The molecule has 1 aromatic carbocycles. The Bertz CT molecular complexity index is 1410. The number of carboxylic acids is 1. The van der Waals surface area contributed by atoms with Crippen molar-refractivity contribution in [2.45, 2.75) is 78.0 Å². The Morgan fingerprint density at radius 2 is 1.90 bits per heavy atom. The lowest BCUT2D eigenvalue weighted by Gasteiger charge is -2.21. The lowest BCUT2D eigenvalue weighted by atomic mass is 9.89. The van der Waals surface area contributed by atoms with Crippen LogP contribution in [-0.2, 0) is 35.5 Å². The van der Waals surface area contributed by atoms with Crippen LogP contribution in [-0.4, -0.2) is 43.9 Å². The molecule has 0 aliphatic carbocycles. The van der Waals surface area contributed by atoms with E-state index in [9.17, 15) is 14.7 Å². The number of primary amides is 1. The molecule has 1 unspecified atom stereocenters. The van der Waals surface area contributed by atoms with E-state index >= 15 is 0 Å². The van der Waals surface area contributed by atoms with Crippen LogP contribution in [0.3, 0.4) is 0 Å². The number of pyridine rings is 1. The summed E-state index contributed by atoms with van der Waals surface area (Å²) in [5.74, 6) is -1.66. The monoisotopic (exact) mass is 587 g/mol. The highest BCUT2D eigenvalue weighted by molar-refractivity contribution is 6.34. The second-order valence-corrected chi connectivity index (χ2v) is 11.9. The Kier molecular flexibility index (Phi) is 9.07. The van der Waals surface area contributed by atoms with Crippen molar-refractivity contribution in [2.24, 2.45) is 5.73 Å². The molecule has 0 saturated carbocycles. The predicted molar refractivity (Wildman–Crippen MR) is 155 cm³/mol. The van der Waals surface area contributed by atoms with Crippen molar-refractivity contribution in [2.75, 3.05) is 11.9 Å². The molecule has 9 nitrogen and oxygen atoms in total. The number of rotatable bonds is 10. The predicted octanol–water partition coefficient (Wildman–Crippen LogP) is 5.51. The molecule has 0 saturated heterocycles. The van der Waals surface area contributed by atoms with Gasteiger partial charge in [-0.1, -0.05) is 29.3 Å². The van der Waals surface area contributed by atoms with Crippen LogP contribution in [0, 0.1) is 6.92 Å². The quantitative estimate of drug-likeness (QED) is 0.284. The SMILES string of the molecule is Cc1nc2c(cc1CCn1nc(C(CC(=O)O)c3cc(Cl)cc(Cl)c3)c(C(N)=O)c1COC(C)(C)C)CCCN2. The van der Waals surface area contributed by atoms with E-state index in [2.05, 4.69) is 11.4 Å². The summed E-state index contributed by atoms with van der Waals surface area (Å²) >= 11 is 12.5. The molecule has 214 valence electrons. The van der Waals surface area contributed by atoms with Crippen molar-refractivity contribution in [3.63, 3.8) is 0 Å². The maximum atomic E-state index is 12.9. The largest absolute Gasteiger partial charge is 0.481 e. The highest BCUT2D eigenvalue weighted by atomic mass is 35.5. The van der Waals surface area contributed by atoms with Gasteiger partial charge < -0.3 is 20.9 Å². The van der Waals surface area contributed by atoms with Crippen LogP contribution in [0.4, 0.5) is 5.82 Å². The number of nitrogens with zero attached hydrogens (tertiary/aromatic N) is 3. The maximum Gasteiger partial charge on any atom is 0.304 e. The fraction of sp³-hybridized carbons (Fsp3) is 0.448. The van der Waals surface area contributed by atoms with Gasteiger partial charge in [0, 0.05) is 34.7 Å². The summed E-state index contributed by atoms with van der Waals surface area (Å²) < 4.78 is 7.78. The fourth-order valence-electron chi connectivity index (χ4n) is 4.97. The molecule has 3 heterocycles. The number of nitrogens with one attached hydrogen (secondary N) is 1. The summed E-state index contributed by atoms with van der Waals surface area (Å²) in [5, 5.41) is 18.6. The molecule has 1 aliphatic heterocycles. The number of ether oxygens (including phenoxy) is 1. The highest BCUT2D eigenvalue weighted by Crippen LogP contribution is 2.35. The third kappa shape index (κ3) is 7.13. The van der Waals surface area contributed by atoms with Gasteiger partial charge in [0.2, 0.25) is 0 Å². The van der Waals surface area contributed by atoms with Crippen molar-refractivity contribution >= 4 is 40.9 Å². The number of aromatic nitrogens is 3. The second kappa shape index (κ2) is 12.2. The van der Waals surface area contributed by atoms with Gasteiger partial charge in [0.15, 0.2) is 0 Å². The van der Waals surface area contributed by atoms with Crippen LogP contribution in [0.15, 0.2) is 24.3 Å². The Morgan fingerprint density at radius 1 is 1.20 bits per heavy atom. The first-order chi connectivity index (χ1) is 18.8. The van der Waals surface area contributed by atoms with Crippen LogP contribution in [0.1, 0.15) is 83.7 Å². The van der Waals surface area contributed by atoms with E-state index in [0.29, 0.717) is 34.3 Å². The van der Waals surface area contributed by atoms with E-state index in [0.717, 1.165) is 36.5 Å². The van der Waals surface area contributed by atoms with Crippen LogP contribution in [0.25, 0.3) is 0 Å². The van der Waals surface area contributed by atoms with Gasteiger partial charge in [-0.05, 0) is 81.8 Å². The zero-order chi connectivity index (χ0) is 29.2. The molecular weight excluding hydrogens is 553 g/mol. The number of carbonyl (C=O) groups is 2. The van der Waals surface area contributed by atoms with Crippen LogP contribution < -0.4 is 11.1 Å². The molecule has 1 aliphatic rings. The van der Waals surface area contributed by atoms with Gasteiger partial charge in [0.1, 0.15) is 5.82 Å². The summed E-state index contributed by atoms with van der Waals surface area (Å²) in [4.78, 5) is 29.6. The molecule has 40 heavy (non-hydrogen) atoms. The molecule has 1 amide bonds. The highest BCUT2D eigenvalue weighted by Gasteiger charge is 2.31. The molecule has 0 bridgehead atoms. The minimum absolute atomic E-state index is 0.0657. The number of fused-ring (bicyclic) bond motifs is 1. The average molecular weight is 589 g/mol. The number of nitrogens with two attached hydrogens (primary N) is 1. The molecule has 4 N–H and O–H groups in total. The average Bonchev–Trinajstić information content (AvgIpc) is 3.22. The summed E-state index contributed by atoms with van der Waals surface area (Å²) in [5.41, 5.74) is 10.0. The zero-order valence-electron chi connectivity index (χ0n) is 23.2. The van der Waals surface area contributed by atoms with Crippen LogP contribution in [0.5, 0.6) is 0 Å². The lowest BCUT2D eigenvalue weighted by Crippen LogP contribution is -2.23. The zero-order valence-corrected chi connectivity index (χ0v) is 24.7. The van der Waals surface area contributed by atoms with E-state index in [1.807, 2.05) is 27.7 Å². The number of hydrogen-bond acceptors (Lipinski definition) is 6. The first kappa shape index (κ1) is 29.8. The number of benzene rings is 1. The first-order valence-electron chi connectivity index (χ1n) is 13.3. The summed E-state index contributed by atoms with van der Waals surface area (Å²) in [6.07, 6.45) is 2.27. The smallest absolute Gasteiger partial charge is 0.304 e. The minimum atomic E-state index is -1.07. The van der Waals surface area contributed by atoms with E-state index in [1.165, 1.54) is 5.56 Å². The molecule has 0 spiro atoms. The Labute approximate surface area is 244 Å². The molecule has 0 fully saturated rings. The number of carbonyl (C=O) groups excluding carboxylic acids is 1. The van der Waals surface area contributed by atoms with Gasteiger partial charge in [0.05, 0.1) is 35.6 Å². The van der Waals surface area contributed by atoms with Gasteiger partial charge in [-0.3, -0.25) is 14.3 Å². The Morgan fingerprint density at radius 3 is 2.52 bits per heavy atom. The third-order valence-corrected chi connectivity index (χ3v) is 7.31. The van der Waals surface area contributed by atoms with E-state index in [1.54, 1.807) is 22.9 Å². The van der Waals surface area contributed by atoms with Crippen molar-refractivity contribution in [1.82, 2.24) is 14.8 Å². The number of aliphatic carboxylic acids is 1. The summed E-state index contributed by atoms with van der Waals surface area (Å²) in [7, 11) is 0. The number of amides is 1. The molecule has 3 aromatic rings. The Hall–Kier alpha value is -3.14. The normalized spacial score (nSPS) is 13.9. The first-order valence-corrected chi connectivity index (χ1v) is 14.0. The Balaban J connectivity index is 1.80. The number of carboxylic acid groups (broad SMARTS) is 1. The topological polar surface area (TPSA) is 132 Å². The molecule has 2 aromatic heterocycles. The lowest BCUT2D eigenvalue weighted by molar-refractivity contribution is -0.137. The van der Waals surface area contributed by atoms with Gasteiger partial charge in [0.25, 0.3) is 5.91 Å². The molecule has 11 heteroatoms. The standard InChI is InChI=1S/C29H35Cl2N5O4/c1-16-17(10-18-6-5-8-33-28(18)34-16)7-9-36-23(15-40-29(2,3)4)25(27(32)39)26(35-36)22(14-24(37)38)19-11-20(30)13-21(31)12-19/h10-13,22H,5-9,14-15H2,1-4H3,(H2,32,39)(H,33,34)(H,37,38). The van der Waals surface area contributed by atoms with Gasteiger partial charge in [-0.2, -0.15) is 5.10 Å². The van der Waals surface area contributed by atoms with Crippen molar-refractivity contribution in [3.05, 3.63) is 73.6 Å². The number of hydrogen-bond donors (Lipinski definition) is 3. The van der Waals surface area contributed by atoms with Gasteiger partial charge >= 0.3 is 5.97 Å². The van der Waals surface area contributed by atoms with Crippen molar-refractivity contribution < 1.29 is 19.4 Å². The number of aryl methyl sites for hydroxylation is 4. The second-order valence-electron chi connectivity index (χ2n) is 11.1. The van der Waals surface area contributed by atoms with Crippen LogP contribution in [0.2, 0.25) is 10.0 Å². The van der Waals surface area contributed by atoms with Gasteiger partial charge in [-0.25, -0.2) is 4.98 Å².